The smallest absolute Gasteiger partial charge is 0.253 e. The maximum atomic E-state index is 12.4. The van der Waals surface area contributed by atoms with Gasteiger partial charge in [0.2, 0.25) is 0 Å². The SMILES string of the molecule is CNC(=O)/C(=C(\C(C)=N)S(C)(=O)=O)c1cn(C)c2ccccc12. The van der Waals surface area contributed by atoms with Crippen LogP contribution in [0.15, 0.2) is 35.4 Å². The van der Waals surface area contributed by atoms with Gasteiger partial charge in [-0.15, -0.1) is 0 Å². The quantitative estimate of drug-likeness (QED) is 0.659. The topological polar surface area (TPSA) is 92.0 Å². The number of aryl methyl sites for hydroxylation is 1. The van der Waals surface area contributed by atoms with Crippen LogP contribution in [0.25, 0.3) is 16.5 Å². The zero-order chi connectivity index (χ0) is 17.4. The van der Waals surface area contributed by atoms with E-state index in [-0.39, 0.29) is 16.2 Å². The maximum Gasteiger partial charge on any atom is 0.253 e. The lowest BCUT2D eigenvalue weighted by molar-refractivity contribution is -0.115. The zero-order valence-corrected chi connectivity index (χ0v) is 14.3. The van der Waals surface area contributed by atoms with Crippen LogP contribution in [0.4, 0.5) is 0 Å². The molecule has 0 spiro atoms. The van der Waals surface area contributed by atoms with Gasteiger partial charge in [0.1, 0.15) is 4.91 Å². The highest BCUT2D eigenvalue weighted by Gasteiger charge is 2.27. The number of para-hydroxylation sites is 1. The van der Waals surface area contributed by atoms with Crippen molar-refractivity contribution in [3.05, 3.63) is 40.9 Å². The summed E-state index contributed by atoms with van der Waals surface area (Å²) in [5.41, 5.74) is 1.20. The van der Waals surface area contributed by atoms with E-state index in [4.69, 9.17) is 5.41 Å². The fraction of sp³-hybridized carbons (Fsp3) is 0.250. The average Bonchev–Trinajstić information content (AvgIpc) is 2.79. The summed E-state index contributed by atoms with van der Waals surface area (Å²) >= 11 is 0. The summed E-state index contributed by atoms with van der Waals surface area (Å²) < 4.78 is 26.2. The number of benzene rings is 1. The molecule has 6 nitrogen and oxygen atoms in total. The lowest BCUT2D eigenvalue weighted by atomic mass is 10.0. The summed E-state index contributed by atoms with van der Waals surface area (Å²) in [6, 6.07) is 7.41. The van der Waals surface area contributed by atoms with Gasteiger partial charge in [-0.05, 0) is 13.0 Å². The summed E-state index contributed by atoms with van der Waals surface area (Å²) in [6.45, 7) is 1.37. The number of likely N-dealkylation sites (N-methyl/N-ethyl adjacent to an activating group) is 1. The number of nitrogens with one attached hydrogen (secondary N) is 2. The molecule has 0 aliphatic carbocycles. The molecule has 0 bridgehead atoms. The fourth-order valence-corrected chi connectivity index (χ4v) is 3.79. The molecule has 2 aromatic rings. The Balaban J connectivity index is 2.99. The van der Waals surface area contributed by atoms with Crippen molar-refractivity contribution in [3.63, 3.8) is 0 Å². The van der Waals surface area contributed by atoms with Gasteiger partial charge in [-0.25, -0.2) is 8.42 Å². The molecular weight excluding hydrogens is 314 g/mol. The van der Waals surface area contributed by atoms with Crippen LogP contribution >= 0.6 is 0 Å². The number of hydrogen-bond acceptors (Lipinski definition) is 4. The van der Waals surface area contributed by atoms with Gasteiger partial charge in [0.05, 0.1) is 5.57 Å². The molecule has 0 aliphatic heterocycles. The minimum atomic E-state index is -3.74. The van der Waals surface area contributed by atoms with Crippen molar-refractivity contribution in [2.75, 3.05) is 13.3 Å². The van der Waals surface area contributed by atoms with Crippen molar-refractivity contribution in [2.45, 2.75) is 6.92 Å². The highest BCUT2D eigenvalue weighted by Crippen LogP contribution is 2.31. The van der Waals surface area contributed by atoms with Crippen LogP contribution in [0.2, 0.25) is 0 Å². The van der Waals surface area contributed by atoms with Gasteiger partial charge in [0.15, 0.2) is 9.84 Å². The Kier molecular flexibility index (Phi) is 4.42. The van der Waals surface area contributed by atoms with Gasteiger partial charge in [0.25, 0.3) is 5.91 Å². The number of carbonyl (C=O) groups is 1. The molecule has 23 heavy (non-hydrogen) atoms. The first kappa shape index (κ1) is 17.0. The monoisotopic (exact) mass is 333 g/mol. The molecule has 1 heterocycles. The van der Waals surface area contributed by atoms with Crippen molar-refractivity contribution in [1.82, 2.24) is 9.88 Å². The minimum absolute atomic E-state index is 0.000648. The molecule has 0 radical (unpaired) electrons. The van der Waals surface area contributed by atoms with E-state index in [1.807, 2.05) is 35.9 Å². The molecule has 0 atom stereocenters. The van der Waals surface area contributed by atoms with Crippen molar-refractivity contribution in [1.29, 1.82) is 5.41 Å². The Morgan fingerprint density at radius 1 is 1.26 bits per heavy atom. The van der Waals surface area contributed by atoms with E-state index in [1.54, 1.807) is 6.20 Å². The lowest BCUT2D eigenvalue weighted by Crippen LogP contribution is -2.24. The highest BCUT2D eigenvalue weighted by molar-refractivity contribution is 7.95. The van der Waals surface area contributed by atoms with E-state index in [0.717, 1.165) is 17.2 Å². The van der Waals surface area contributed by atoms with Gasteiger partial charge in [-0.3, -0.25) is 4.79 Å². The number of aromatic nitrogens is 1. The van der Waals surface area contributed by atoms with Crippen LogP contribution in [0.1, 0.15) is 12.5 Å². The summed E-state index contributed by atoms with van der Waals surface area (Å²) in [6.07, 6.45) is 2.72. The number of hydrogen-bond donors (Lipinski definition) is 2. The normalized spacial score (nSPS) is 12.9. The third-order valence-corrected chi connectivity index (χ3v) is 4.81. The predicted octanol–water partition coefficient (Wildman–Crippen LogP) is 1.72. The summed E-state index contributed by atoms with van der Waals surface area (Å²) in [4.78, 5) is 12.2. The Bertz CT molecular complexity index is 937. The predicted molar refractivity (Wildman–Crippen MR) is 92.2 cm³/mol. The van der Waals surface area contributed by atoms with E-state index in [0.29, 0.717) is 5.56 Å². The third-order valence-electron chi connectivity index (χ3n) is 3.56. The molecule has 7 heteroatoms. The van der Waals surface area contributed by atoms with Crippen molar-refractivity contribution >= 4 is 37.9 Å². The van der Waals surface area contributed by atoms with Crippen LogP contribution < -0.4 is 5.32 Å². The number of sulfone groups is 1. The maximum absolute atomic E-state index is 12.4. The number of allylic oxidation sites excluding steroid dienone is 1. The van der Waals surface area contributed by atoms with Gasteiger partial charge in [-0.1, -0.05) is 18.2 Å². The number of carbonyl (C=O) groups excluding carboxylic acids is 1. The van der Waals surface area contributed by atoms with Crippen LogP contribution in [0.3, 0.4) is 0 Å². The van der Waals surface area contributed by atoms with Gasteiger partial charge in [-0.2, -0.15) is 0 Å². The number of fused-ring (bicyclic) bond motifs is 1. The van der Waals surface area contributed by atoms with Crippen LogP contribution in [0, 0.1) is 5.41 Å². The molecule has 0 unspecified atom stereocenters. The second-order valence-corrected chi connectivity index (χ2v) is 7.30. The highest BCUT2D eigenvalue weighted by atomic mass is 32.2. The molecule has 0 saturated carbocycles. The summed E-state index contributed by atoms with van der Waals surface area (Å²) in [5, 5.41) is 11.1. The first-order valence-corrected chi connectivity index (χ1v) is 8.84. The van der Waals surface area contributed by atoms with E-state index in [1.165, 1.54) is 14.0 Å². The van der Waals surface area contributed by atoms with Crippen LogP contribution in [0.5, 0.6) is 0 Å². The average molecular weight is 333 g/mol. The molecule has 0 saturated heterocycles. The molecular formula is C16H19N3O3S. The molecule has 0 fully saturated rings. The molecule has 0 aliphatic rings. The lowest BCUT2D eigenvalue weighted by Gasteiger charge is -2.12. The van der Waals surface area contributed by atoms with E-state index in [9.17, 15) is 13.2 Å². The largest absolute Gasteiger partial charge is 0.355 e. The van der Waals surface area contributed by atoms with Crippen molar-refractivity contribution < 1.29 is 13.2 Å². The Morgan fingerprint density at radius 3 is 2.39 bits per heavy atom. The summed E-state index contributed by atoms with van der Waals surface area (Å²) in [7, 11) is -0.480. The van der Waals surface area contributed by atoms with Gasteiger partial charge < -0.3 is 15.3 Å². The van der Waals surface area contributed by atoms with Gasteiger partial charge >= 0.3 is 0 Å². The standard InChI is InChI=1S/C16H19N3O3S/c1-10(17)15(23(4,21)22)14(16(20)18-2)12-9-19(3)13-8-6-5-7-11(12)13/h5-9,17H,1-4H3,(H,18,20)/b15-14+,17-10?. The minimum Gasteiger partial charge on any atom is -0.355 e. The molecule has 122 valence electrons. The number of rotatable bonds is 4. The molecule has 1 amide bonds. The fourth-order valence-electron chi connectivity index (χ4n) is 2.66. The van der Waals surface area contributed by atoms with E-state index < -0.39 is 15.7 Å². The second kappa shape index (κ2) is 6.00. The zero-order valence-electron chi connectivity index (χ0n) is 13.5. The van der Waals surface area contributed by atoms with Crippen LogP contribution in [-0.2, 0) is 21.7 Å². The first-order valence-electron chi connectivity index (χ1n) is 6.94. The molecule has 1 aromatic heterocycles. The van der Waals surface area contributed by atoms with E-state index in [2.05, 4.69) is 5.32 Å². The number of nitrogens with zero attached hydrogens (tertiary/aromatic N) is 1. The first-order chi connectivity index (χ1) is 10.7. The summed E-state index contributed by atoms with van der Waals surface area (Å²) in [5.74, 6) is -0.534. The van der Waals surface area contributed by atoms with Gasteiger partial charge in [0, 0.05) is 48.7 Å². The molecule has 2 N–H and O–H groups in total. The Labute approximate surface area is 135 Å². The third kappa shape index (κ3) is 3.05. The Morgan fingerprint density at radius 2 is 1.87 bits per heavy atom. The van der Waals surface area contributed by atoms with Crippen molar-refractivity contribution in [3.8, 4) is 0 Å². The van der Waals surface area contributed by atoms with Crippen LogP contribution in [-0.4, -0.2) is 37.9 Å². The molecule has 2 rings (SSSR count). The number of amides is 1. The van der Waals surface area contributed by atoms with Crippen molar-refractivity contribution in [2.24, 2.45) is 7.05 Å². The second-order valence-electron chi connectivity index (χ2n) is 5.35. The van der Waals surface area contributed by atoms with E-state index >= 15 is 0 Å². The Hall–Kier alpha value is -2.41. The molecule has 1 aromatic carbocycles.